The van der Waals surface area contributed by atoms with E-state index in [0.29, 0.717) is 0 Å². The van der Waals surface area contributed by atoms with Gasteiger partial charge >= 0.3 is 0 Å². The Morgan fingerprint density at radius 1 is 0.917 bits per heavy atom. The van der Waals surface area contributed by atoms with Gasteiger partial charge in [-0.2, -0.15) is 0 Å². The van der Waals surface area contributed by atoms with Gasteiger partial charge in [-0.15, -0.1) is 0 Å². The van der Waals surface area contributed by atoms with Gasteiger partial charge < -0.3 is 0 Å². The molecule has 2 rings (SSSR count). The van der Waals surface area contributed by atoms with Crippen molar-refractivity contribution in [3.63, 3.8) is 0 Å². The second-order valence-corrected chi connectivity index (χ2v) is 3.20. The SMILES string of the molecule is CC1=Nc2cc(C)c(C)cc2[N]1. The molecule has 0 fully saturated rings. The average molecular weight is 159 g/mol. The van der Waals surface area contributed by atoms with E-state index in [1.165, 1.54) is 11.1 Å². The van der Waals surface area contributed by atoms with E-state index in [-0.39, 0.29) is 0 Å². The van der Waals surface area contributed by atoms with Crippen molar-refractivity contribution in [3.8, 4) is 0 Å². The fourth-order valence-corrected chi connectivity index (χ4v) is 1.34. The van der Waals surface area contributed by atoms with Crippen LogP contribution in [0, 0.1) is 13.8 Å². The summed E-state index contributed by atoms with van der Waals surface area (Å²) in [6.07, 6.45) is 0. The van der Waals surface area contributed by atoms with Crippen molar-refractivity contribution in [1.29, 1.82) is 0 Å². The molecule has 0 aliphatic carbocycles. The Kier molecular flexibility index (Phi) is 1.43. The largest absolute Gasteiger partial charge is 0.232 e. The minimum absolute atomic E-state index is 0.856. The fourth-order valence-electron chi connectivity index (χ4n) is 1.34. The zero-order valence-corrected chi connectivity index (χ0v) is 7.55. The molecule has 1 radical (unpaired) electrons. The molecule has 0 N–H and O–H groups in total. The number of benzene rings is 1. The third-order valence-electron chi connectivity index (χ3n) is 2.16. The topological polar surface area (TPSA) is 26.5 Å². The summed E-state index contributed by atoms with van der Waals surface area (Å²) in [6.45, 7) is 6.11. The van der Waals surface area contributed by atoms with Gasteiger partial charge in [-0.25, -0.2) is 10.3 Å². The molecule has 61 valence electrons. The van der Waals surface area contributed by atoms with Crippen LogP contribution >= 0.6 is 0 Å². The maximum Gasteiger partial charge on any atom is 0.126 e. The van der Waals surface area contributed by atoms with Crippen molar-refractivity contribution in [2.45, 2.75) is 20.8 Å². The van der Waals surface area contributed by atoms with Gasteiger partial charge in [0, 0.05) is 0 Å². The lowest BCUT2D eigenvalue weighted by atomic mass is 10.1. The number of fused-ring (bicyclic) bond motifs is 1. The van der Waals surface area contributed by atoms with Gasteiger partial charge in [0.1, 0.15) is 5.84 Å². The van der Waals surface area contributed by atoms with Crippen LogP contribution in [0.15, 0.2) is 17.1 Å². The fraction of sp³-hybridized carbons (Fsp3) is 0.300. The van der Waals surface area contributed by atoms with Crippen LogP contribution in [0.2, 0.25) is 0 Å². The maximum absolute atomic E-state index is 4.30. The molecule has 12 heavy (non-hydrogen) atoms. The molecule has 1 heterocycles. The molecule has 1 aliphatic rings. The summed E-state index contributed by atoms with van der Waals surface area (Å²) in [4.78, 5) is 4.30. The van der Waals surface area contributed by atoms with E-state index in [2.05, 4.69) is 36.3 Å². The van der Waals surface area contributed by atoms with Crippen LogP contribution in [0.3, 0.4) is 0 Å². The first-order chi connectivity index (χ1) is 5.66. The van der Waals surface area contributed by atoms with Gasteiger partial charge in [-0.3, -0.25) is 0 Å². The zero-order valence-electron chi connectivity index (χ0n) is 7.55. The predicted molar refractivity (Wildman–Crippen MR) is 50.5 cm³/mol. The molecule has 0 saturated heterocycles. The lowest BCUT2D eigenvalue weighted by Gasteiger charge is -2.01. The molecule has 0 unspecified atom stereocenters. The summed E-state index contributed by atoms with van der Waals surface area (Å²) in [5.41, 5.74) is 4.58. The highest BCUT2D eigenvalue weighted by molar-refractivity contribution is 5.94. The molecule has 0 saturated carbocycles. The summed E-state index contributed by atoms with van der Waals surface area (Å²) in [6, 6.07) is 4.18. The molecule has 0 bridgehead atoms. The van der Waals surface area contributed by atoms with E-state index >= 15 is 0 Å². The van der Waals surface area contributed by atoms with Crippen molar-refractivity contribution in [2.75, 3.05) is 0 Å². The van der Waals surface area contributed by atoms with Gasteiger partial charge in [-0.05, 0) is 44.0 Å². The van der Waals surface area contributed by atoms with E-state index < -0.39 is 0 Å². The summed E-state index contributed by atoms with van der Waals surface area (Å²) in [7, 11) is 0. The monoisotopic (exact) mass is 159 g/mol. The maximum atomic E-state index is 4.30. The number of hydrogen-bond acceptors (Lipinski definition) is 1. The molecule has 1 aliphatic heterocycles. The van der Waals surface area contributed by atoms with E-state index in [0.717, 1.165) is 17.2 Å². The minimum atomic E-state index is 0.856. The van der Waals surface area contributed by atoms with E-state index in [4.69, 9.17) is 0 Å². The number of aliphatic imine (C=N–C) groups is 1. The van der Waals surface area contributed by atoms with Gasteiger partial charge in [0.25, 0.3) is 0 Å². The molecule has 0 spiro atoms. The Morgan fingerprint density at radius 2 is 1.50 bits per heavy atom. The highest BCUT2D eigenvalue weighted by atomic mass is 15.1. The minimum Gasteiger partial charge on any atom is -0.232 e. The van der Waals surface area contributed by atoms with E-state index in [1.54, 1.807) is 0 Å². The average Bonchev–Trinajstić information content (AvgIpc) is 2.30. The molecule has 1 aromatic rings. The Bertz CT molecular complexity index is 364. The van der Waals surface area contributed by atoms with Gasteiger partial charge in [0.05, 0.1) is 11.4 Å². The Morgan fingerprint density at radius 3 is 2.17 bits per heavy atom. The summed E-state index contributed by atoms with van der Waals surface area (Å²) >= 11 is 0. The quantitative estimate of drug-likeness (QED) is 0.556. The van der Waals surface area contributed by atoms with Gasteiger partial charge in [-0.1, -0.05) is 0 Å². The number of amidine groups is 1. The molecular weight excluding hydrogens is 148 g/mol. The van der Waals surface area contributed by atoms with Crippen LogP contribution in [0.4, 0.5) is 11.4 Å². The number of hydrogen-bond donors (Lipinski definition) is 0. The van der Waals surface area contributed by atoms with Crippen LogP contribution in [-0.4, -0.2) is 5.84 Å². The lowest BCUT2D eigenvalue weighted by molar-refractivity contribution is 1.26. The van der Waals surface area contributed by atoms with Crippen molar-refractivity contribution in [3.05, 3.63) is 23.3 Å². The van der Waals surface area contributed by atoms with E-state index in [9.17, 15) is 0 Å². The highest BCUT2D eigenvalue weighted by Gasteiger charge is 2.12. The number of nitrogens with zero attached hydrogens (tertiary/aromatic N) is 2. The molecule has 2 nitrogen and oxygen atoms in total. The number of rotatable bonds is 0. The summed E-state index contributed by atoms with van der Waals surface area (Å²) in [5.74, 6) is 0.856. The normalized spacial score (nSPS) is 13.8. The molecule has 2 heteroatoms. The first-order valence-corrected chi connectivity index (χ1v) is 4.05. The second-order valence-electron chi connectivity index (χ2n) is 3.20. The van der Waals surface area contributed by atoms with Gasteiger partial charge in [0.2, 0.25) is 0 Å². The van der Waals surface area contributed by atoms with Crippen LogP contribution in [0.1, 0.15) is 18.1 Å². The van der Waals surface area contributed by atoms with Crippen LogP contribution in [0.5, 0.6) is 0 Å². The third-order valence-corrected chi connectivity index (χ3v) is 2.16. The van der Waals surface area contributed by atoms with Crippen molar-refractivity contribution in [2.24, 2.45) is 4.99 Å². The molecular formula is C10H11N2. The Hall–Kier alpha value is -1.31. The van der Waals surface area contributed by atoms with Crippen LogP contribution in [-0.2, 0) is 0 Å². The number of aryl methyl sites for hydroxylation is 2. The van der Waals surface area contributed by atoms with Crippen molar-refractivity contribution >= 4 is 17.2 Å². The first kappa shape index (κ1) is 7.35. The van der Waals surface area contributed by atoms with Crippen molar-refractivity contribution in [1.82, 2.24) is 5.32 Å². The zero-order chi connectivity index (χ0) is 8.72. The predicted octanol–water partition coefficient (Wildman–Crippen LogP) is 2.60. The molecule has 0 atom stereocenters. The summed E-state index contributed by atoms with van der Waals surface area (Å²) < 4.78 is 0. The lowest BCUT2D eigenvalue weighted by Crippen LogP contribution is -1.98. The molecule has 1 aromatic carbocycles. The Balaban J connectivity index is 2.57. The van der Waals surface area contributed by atoms with Crippen LogP contribution in [0.25, 0.3) is 0 Å². The third kappa shape index (κ3) is 0.998. The smallest absolute Gasteiger partial charge is 0.126 e. The Labute approximate surface area is 72.3 Å². The summed E-state index contributed by atoms with van der Waals surface area (Å²) in [5, 5.41) is 4.30. The van der Waals surface area contributed by atoms with E-state index in [1.807, 2.05) is 6.92 Å². The first-order valence-electron chi connectivity index (χ1n) is 4.05. The van der Waals surface area contributed by atoms with Crippen LogP contribution < -0.4 is 5.32 Å². The standard InChI is InChI=1S/C10H11N2/c1-6-4-9-10(5-7(6)2)12-8(3)11-9/h4-5H,1-3H3. The van der Waals surface area contributed by atoms with Gasteiger partial charge in [0.15, 0.2) is 0 Å². The molecule has 0 amide bonds. The highest BCUT2D eigenvalue weighted by Crippen LogP contribution is 2.32. The van der Waals surface area contributed by atoms with Crippen molar-refractivity contribution < 1.29 is 0 Å². The second kappa shape index (κ2) is 2.34. The molecule has 0 aromatic heterocycles.